The van der Waals surface area contributed by atoms with Gasteiger partial charge in [0.1, 0.15) is 0 Å². The molecule has 1 aliphatic heterocycles. The Morgan fingerprint density at radius 2 is 2.30 bits per heavy atom. The average Bonchev–Trinajstić information content (AvgIpc) is 2.45. The molecule has 1 aromatic rings. The van der Waals surface area contributed by atoms with E-state index in [4.69, 9.17) is 0 Å². The number of hydrogen-bond acceptors (Lipinski definition) is 4. The van der Waals surface area contributed by atoms with Crippen LogP contribution < -0.4 is 10.6 Å². The third-order valence-electron chi connectivity index (χ3n) is 3.04. The van der Waals surface area contributed by atoms with Crippen molar-refractivity contribution in [3.63, 3.8) is 0 Å². The zero-order chi connectivity index (χ0) is 14.5. The van der Waals surface area contributed by atoms with Crippen LogP contribution in [0.2, 0.25) is 0 Å². The van der Waals surface area contributed by atoms with Crippen LogP contribution >= 0.6 is 15.9 Å². The first-order valence-corrected chi connectivity index (χ1v) is 6.98. The predicted octanol–water partition coefficient (Wildman–Crippen LogP) is 2.01. The third-order valence-corrected chi connectivity index (χ3v) is 3.70. The number of amides is 1. The molecule has 1 aliphatic rings. The Labute approximate surface area is 124 Å². The molecule has 106 valence electrons. The zero-order valence-electron chi connectivity index (χ0n) is 10.7. The molecule has 0 unspecified atom stereocenters. The first-order valence-electron chi connectivity index (χ1n) is 6.18. The summed E-state index contributed by atoms with van der Waals surface area (Å²) >= 11 is 3.19. The fraction of sp³-hybridized carbons (Fsp3) is 0.308. The van der Waals surface area contributed by atoms with E-state index in [-0.39, 0.29) is 11.6 Å². The summed E-state index contributed by atoms with van der Waals surface area (Å²) in [5, 5.41) is 16.7. The molecule has 1 amide bonds. The summed E-state index contributed by atoms with van der Waals surface area (Å²) in [7, 11) is 0. The Balaban J connectivity index is 2.02. The molecule has 0 bridgehead atoms. The van der Waals surface area contributed by atoms with Crippen molar-refractivity contribution in [3.05, 3.63) is 50.0 Å². The summed E-state index contributed by atoms with van der Waals surface area (Å²) in [5.41, 5.74) is 1.54. The molecule has 0 spiro atoms. The van der Waals surface area contributed by atoms with Gasteiger partial charge in [-0.1, -0.05) is 11.6 Å². The molecule has 1 heterocycles. The van der Waals surface area contributed by atoms with Crippen LogP contribution in [-0.2, 0) is 0 Å². The molecule has 1 aromatic carbocycles. The van der Waals surface area contributed by atoms with Crippen molar-refractivity contribution < 1.29 is 9.72 Å². The lowest BCUT2D eigenvalue weighted by atomic mass is 10.1. The summed E-state index contributed by atoms with van der Waals surface area (Å²) in [4.78, 5) is 22.2. The van der Waals surface area contributed by atoms with Crippen LogP contribution in [-0.4, -0.2) is 30.5 Å². The van der Waals surface area contributed by atoms with Crippen molar-refractivity contribution in [2.45, 2.75) is 6.42 Å². The number of hydrogen-bond donors (Lipinski definition) is 2. The predicted molar refractivity (Wildman–Crippen MR) is 78.7 cm³/mol. The average molecular weight is 340 g/mol. The van der Waals surface area contributed by atoms with Crippen LogP contribution in [0.5, 0.6) is 0 Å². The van der Waals surface area contributed by atoms with E-state index in [0.29, 0.717) is 16.6 Å². The highest BCUT2D eigenvalue weighted by molar-refractivity contribution is 9.10. The highest BCUT2D eigenvalue weighted by Crippen LogP contribution is 2.22. The number of non-ortho nitro benzene ring substituents is 1. The molecule has 6 nitrogen and oxygen atoms in total. The maximum absolute atomic E-state index is 12.0. The van der Waals surface area contributed by atoms with Crippen molar-refractivity contribution >= 4 is 27.5 Å². The number of rotatable bonds is 4. The Bertz CT molecular complexity index is 572. The number of nitro groups is 1. The van der Waals surface area contributed by atoms with Crippen LogP contribution in [0.1, 0.15) is 16.8 Å². The van der Waals surface area contributed by atoms with Crippen LogP contribution in [0.25, 0.3) is 0 Å². The number of nitro benzene ring substituents is 1. The number of halogens is 1. The van der Waals surface area contributed by atoms with Gasteiger partial charge in [-0.25, -0.2) is 0 Å². The van der Waals surface area contributed by atoms with Gasteiger partial charge in [-0.2, -0.15) is 0 Å². The van der Waals surface area contributed by atoms with Gasteiger partial charge in [0.2, 0.25) is 0 Å². The fourth-order valence-corrected chi connectivity index (χ4v) is 2.47. The molecular weight excluding hydrogens is 326 g/mol. The summed E-state index contributed by atoms with van der Waals surface area (Å²) in [6.07, 6.45) is 2.98. The van der Waals surface area contributed by atoms with E-state index in [1.165, 1.54) is 23.8 Å². The summed E-state index contributed by atoms with van der Waals surface area (Å²) in [6.45, 7) is 2.25. The van der Waals surface area contributed by atoms with Crippen LogP contribution in [0, 0.1) is 10.1 Å². The number of benzene rings is 1. The Hall–Kier alpha value is -1.73. The van der Waals surface area contributed by atoms with Gasteiger partial charge in [-0.3, -0.25) is 14.9 Å². The first-order chi connectivity index (χ1) is 9.58. The molecule has 0 saturated heterocycles. The van der Waals surface area contributed by atoms with E-state index in [9.17, 15) is 14.9 Å². The van der Waals surface area contributed by atoms with Crippen molar-refractivity contribution in [2.75, 3.05) is 19.6 Å². The first kappa shape index (κ1) is 14.7. The van der Waals surface area contributed by atoms with E-state index >= 15 is 0 Å². The number of carbonyl (C=O) groups excluding carboxylic acids is 1. The van der Waals surface area contributed by atoms with Crippen LogP contribution in [0.15, 0.2) is 34.3 Å². The van der Waals surface area contributed by atoms with Gasteiger partial charge in [0.05, 0.1) is 10.5 Å². The SMILES string of the molecule is O=C(NCC1=CCNCC1)c1ccc([N+](=O)[O-])cc1Br. The van der Waals surface area contributed by atoms with Gasteiger partial charge in [0, 0.05) is 29.7 Å². The molecule has 0 saturated carbocycles. The Kier molecular flexibility index (Phi) is 4.86. The normalized spacial score (nSPS) is 14.6. The number of nitrogens with zero attached hydrogens (tertiary/aromatic N) is 1. The molecule has 0 aromatic heterocycles. The lowest BCUT2D eigenvalue weighted by Gasteiger charge is -2.14. The van der Waals surface area contributed by atoms with E-state index in [1.807, 2.05) is 0 Å². The minimum Gasteiger partial charge on any atom is -0.348 e. The molecular formula is C13H14BrN3O3. The van der Waals surface area contributed by atoms with Gasteiger partial charge in [-0.15, -0.1) is 0 Å². The molecule has 0 fully saturated rings. The third kappa shape index (κ3) is 3.64. The van der Waals surface area contributed by atoms with Crippen LogP contribution in [0.3, 0.4) is 0 Å². The van der Waals surface area contributed by atoms with Gasteiger partial charge >= 0.3 is 0 Å². The van der Waals surface area contributed by atoms with Crippen molar-refractivity contribution in [2.24, 2.45) is 0 Å². The van der Waals surface area contributed by atoms with Gasteiger partial charge in [0.15, 0.2) is 0 Å². The van der Waals surface area contributed by atoms with E-state index < -0.39 is 4.92 Å². The maximum atomic E-state index is 12.0. The zero-order valence-corrected chi connectivity index (χ0v) is 12.3. The summed E-state index contributed by atoms with van der Waals surface area (Å²) in [5.74, 6) is -0.244. The minimum absolute atomic E-state index is 0.0468. The topological polar surface area (TPSA) is 84.3 Å². The van der Waals surface area contributed by atoms with Gasteiger partial charge in [-0.05, 0) is 35.0 Å². The molecule has 20 heavy (non-hydrogen) atoms. The Morgan fingerprint density at radius 3 is 2.90 bits per heavy atom. The van der Waals surface area contributed by atoms with E-state index in [0.717, 1.165) is 19.5 Å². The second kappa shape index (κ2) is 6.62. The number of carbonyl (C=O) groups is 1. The fourth-order valence-electron chi connectivity index (χ4n) is 1.92. The van der Waals surface area contributed by atoms with Gasteiger partial charge < -0.3 is 10.6 Å². The highest BCUT2D eigenvalue weighted by Gasteiger charge is 2.14. The molecule has 0 aliphatic carbocycles. The Morgan fingerprint density at radius 1 is 1.50 bits per heavy atom. The largest absolute Gasteiger partial charge is 0.348 e. The second-order valence-electron chi connectivity index (χ2n) is 4.42. The second-order valence-corrected chi connectivity index (χ2v) is 5.27. The highest BCUT2D eigenvalue weighted by atomic mass is 79.9. The van der Waals surface area contributed by atoms with E-state index in [1.54, 1.807) is 0 Å². The molecule has 0 radical (unpaired) electrons. The van der Waals surface area contributed by atoms with Crippen LogP contribution in [0.4, 0.5) is 5.69 Å². The van der Waals surface area contributed by atoms with Gasteiger partial charge in [0.25, 0.3) is 11.6 Å². The molecule has 2 rings (SSSR count). The van der Waals surface area contributed by atoms with Crippen molar-refractivity contribution in [1.29, 1.82) is 0 Å². The van der Waals surface area contributed by atoms with E-state index in [2.05, 4.69) is 32.6 Å². The maximum Gasteiger partial charge on any atom is 0.270 e. The molecule has 0 atom stereocenters. The lowest BCUT2D eigenvalue weighted by molar-refractivity contribution is -0.384. The monoisotopic (exact) mass is 339 g/mol. The van der Waals surface area contributed by atoms with Crippen molar-refractivity contribution in [1.82, 2.24) is 10.6 Å². The summed E-state index contributed by atoms with van der Waals surface area (Å²) < 4.78 is 0.420. The quantitative estimate of drug-likeness (QED) is 0.499. The molecule has 2 N–H and O–H groups in total. The number of nitrogens with one attached hydrogen (secondary N) is 2. The van der Waals surface area contributed by atoms with Crippen molar-refractivity contribution in [3.8, 4) is 0 Å². The standard InChI is InChI=1S/C13H14BrN3O3/c14-12-7-10(17(19)20)1-2-11(12)13(18)16-8-9-3-5-15-6-4-9/h1-3,7,15H,4-6,8H2,(H,16,18). The lowest BCUT2D eigenvalue weighted by Crippen LogP contribution is -2.29. The summed E-state index contributed by atoms with van der Waals surface area (Å²) in [6, 6.07) is 4.11. The minimum atomic E-state index is -0.494. The smallest absolute Gasteiger partial charge is 0.270 e. The molecule has 7 heteroatoms.